The number of aromatic amines is 2. The number of likely N-dealkylation sites (tertiary alicyclic amines) is 1. The number of carbonyl (C=O) groups is 1. The lowest BCUT2D eigenvalue weighted by Crippen LogP contribution is -2.33. The van der Waals surface area contributed by atoms with Crippen molar-refractivity contribution >= 4 is 17.4 Å². The summed E-state index contributed by atoms with van der Waals surface area (Å²) in [6.45, 7) is 2.94. The first-order valence-corrected chi connectivity index (χ1v) is 9.88. The molecule has 1 aliphatic heterocycles. The lowest BCUT2D eigenvalue weighted by Gasteiger charge is -2.29. The highest BCUT2D eigenvalue weighted by Crippen LogP contribution is 2.20. The van der Waals surface area contributed by atoms with E-state index < -0.39 is 0 Å². The molecule has 1 amide bonds. The highest BCUT2D eigenvalue weighted by molar-refractivity contribution is 6.06. The third kappa shape index (κ3) is 5.54. The third-order valence-corrected chi connectivity index (χ3v) is 5.23. The van der Waals surface area contributed by atoms with Gasteiger partial charge in [-0.15, -0.1) is 0 Å². The van der Waals surface area contributed by atoms with Crippen molar-refractivity contribution in [3.8, 4) is 11.4 Å². The van der Waals surface area contributed by atoms with Gasteiger partial charge < -0.3 is 15.5 Å². The molecule has 0 atom stereocenters. The molecule has 3 aromatic rings. The van der Waals surface area contributed by atoms with E-state index in [9.17, 15) is 9.59 Å². The van der Waals surface area contributed by atoms with Gasteiger partial charge in [-0.05, 0) is 63.2 Å². The summed E-state index contributed by atoms with van der Waals surface area (Å²) in [5, 5.41) is 12.4. The van der Waals surface area contributed by atoms with E-state index in [1.54, 1.807) is 30.5 Å². The standard InChI is InChI=1S/C20H24N8O2.CH4/c1-28-10-6-13(7-11-28)12-23-18-16(21-8-9-22-18)19(29)24-15-4-2-14(3-5-15)17-25-20(30)27-26-17;/h2-5,8-9,13H,6-7,10-12H2,1H3,(H,22,23)(H,24,29)(H2,25,26,27,30);1H4. The number of nitrogens with one attached hydrogen (secondary N) is 4. The van der Waals surface area contributed by atoms with Crippen LogP contribution in [-0.4, -0.2) is 62.6 Å². The van der Waals surface area contributed by atoms with E-state index in [0.29, 0.717) is 23.2 Å². The highest BCUT2D eigenvalue weighted by atomic mass is 16.2. The molecule has 0 spiro atoms. The highest BCUT2D eigenvalue weighted by Gasteiger charge is 2.19. The molecule has 3 heterocycles. The van der Waals surface area contributed by atoms with E-state index in [4.69, 9.17) is 0 Å². The van der Waals surface area contributed by atoms with Crippen molar-refractivity contribution in [1.29, 1.82) is 0 Å². The summed E-state index contributed by atoms with van der Waals surface area (Å²) in [5.41, 5.74) is 1.22. The number of carbonyl (C=O) groups excluding carboxylic acids is 1. The van der Waals surface area contributed by atoms with Gasteiger partial charge in [0.15, 0.2) is 17.3 Å². The molecular weight excluding hydrogens is 396 g/mol. The van der Waals surface area contributed by atoms with Crippen LogP contribution in [0.1, 0.15) is 30.8 Å². The molecule has 0 saturated carbocycles. The zero-order valence-electron chi connectivity index (χ0n) is 16.7. The van der Waals surface area contributed by atoms with Crippen LogP contribution >= 0.6 is 0 Å². The molecule has 4 rings (SSSR count). The molecule has 10 heteroatoms. The Balaban J connectivity index is 0.00000272. The van der Waals surface area contributed by atoms with Crippen molar-refractivity contribution in [3.63, 3.8) is 0 Å². The number of piperidine rings is 1. The zero-order chi connectivity index (χ0) is 20.9. The minimum atomic E-state index is -0.370. The Labute approximate surface area is 180 Å². The summed E-state index contributed by atoms with van der Waals surface area (Å²) < 4.78 is 0. The first-order chi connectivity index (χ1) is 14.6. The molecule has 2 aromatic heterocycles. The van der Waals surface area contributed by atoms with Crippen LogP contribution in [-0.2, 0) is 0 Å². The van der Waals surface area contributed by atoms with Gasteiger partial charge in [0.2, 0.25) is 0 Å². The Morgan fingerprint density at radius 3 is 2.55 bits per heavy atom. The van der Waals surface area contributed by atoms with Crippen LogP contribution < -0.4 is 16.3 Å². The second-order valence-corrected chi connectivity index (χ2v) is 7.44. The number of hydrogen-bond acceptors (Lipinski definition) is 7. The van der Waals surface area contributed by atoms with Gasteiger partial charge in [0.1, 0.15) is 0 Å². The number of rotatable bonds is 6. The van der Waals surface area contributed by atoms with Gasteiger partial charge in [0.25, 0.3) is 5.91 Å². The van der Waals surface area contributed by atoms with E-state index in [-0.39, 0.29) is 24.7 Å². The Hall–Kier alpha value is -3.53. The summed E-state index contributed by atoms with van der Waals surface area (Å²) in [5.74, 6) is 1.14. The van der Waals surface area contributed by atoms with Gasteiger partial charge in [-0.2, -0.15) is 5.10 Å². The summed E-state index contributed by atoms with van der Waals surface area (Å²) >= 11 is 0. The monoisotopic (exact) mass is 424 g/mol. The second kappa shape index (κ2) is 9.98. The van der Waals surface area contributed by atoms with E-state index in [1.807, 2.05) is 0 Å². The van der Waals surface area contributed by atoms with Crippen LogP contribution in [0.4, 0.5) is 11.5 Å². The van der Waals surface area contributed by atoms with Gasteiger partial charge >= 0.3 is 5.69 Å². The maximum atomic E-state index is 12.8. The smallest absolute Gasteiger partial charge is 0.340 e. The second-order valence-electron chi connectivity index (χ2n) is 7.44. The van der Waals surface area contributed by atoms with Crippen molar-refractivity contribution in [3.05, 3.63) is 52.8 Å². The van der Waals surface area contributed by atoms with E-state index in [0.717, 1.165) is 38.0 Å². The fourth-order valence-electron chi connectivity index (χ4n) is 3.45. The summed E-state index contributed by atoms with van der Waals surface area (Å²) in [6, 6.07) is 7.00. The minimum absolute atomic E-state index is 0. The summed E-state index contributed by atoms with van der Waals surface area (Å²) in [4.78, 5) is 37.4. The molecule has 0 unspecified atom stereocenters. The maximum Gasteiger partial charge on any atom is 0.340 e. The van der Waals surface area contributed by atoms with Crippen LogP contribution in [0.3, 0.4) is 0 Å². The molecular formula is C21H28N8O2. The molecule has 4 N–H and O–H groups in total. The van der Waals surface area contributed by atoms with Crippen molar-refractivity contribution in [2.75, 3.05) is 37.3 Å². The lowest BCUT2D eigenvalue weighted by atomic mass is 9.97. The molecule has 0 bridgehead atoms. The van der Waals surface area contributed by atoms with E-state index in [1.165, 1.54) is 6.20 Å². The third-order valence-electron chi connectivity index (χ3n) is 5.23. The summed E-state index contributed by atoms with van der Waals surface area (Å²) in [7, 11) is 2.13. The largest absolute Gasteiger partial charge is 0.368 e. The van der Waals surface area contributed by atoms with Crippen LogP contribution in [0.15, 0.2) is 41.5 Å². The van der Waals surface area contributed by atoms with Crippen LogP contribution in [0.25, 0.3) is 11.4 Å². The normalized spacial score (nSPS) is 14.6. The Kier molecular flexibility index (Phi) is 7.14. The van der Waals surface area contributed by atoms with E-state index in [2.05, 4.69) is 47.7 Å². The van der Waals surface area contributed by atoms with Crippen LogP contribution in [0.5, 0.6) is 0 Å². The number of benzene rings is 1. The molecule has 164 valence electrons. The molecule has 1 aliphatic rings. The molecule has 1 aromatic carbocycles. The van der Waals surface area contributed by atoms with Gasteiger partial charge in [0.05, 0.1) is 0 Å². The predicted octanol–water partition coefficient (Wildman–Crippen LogP) is 2.20. The molecule has 10 nitrogen and oxygen atoms in total. The number of anilines is 2. The quantitative estimate of drug-likeness (QED) is 0.477. The minimum Gasteiger partial charge on any atom is -0.368 e. The summed E-state index contributed by atoms with van der Waals surface area (Å²) in [6.07, 6.45) is 5.33. The average Bonchev–Trinajstić information content (AvgIpc) is 3.20. The Morgan fingerprint density at radius 1 is 1.16 bits per heavy atom. The van der Waals surface area contributed by atoms with Gasteiger partial charge in [-0.1, -0.05) is 7.43 Å². The molecule has 1 fully saturated rings. The zero-order valence-corrected chi connectivity index (χ0v) is 16.7. The predicted molar refractivity (Wildman–Crippen MR) is 120 cm³/mol. The van der Waals surface area contributed by atoms with Crippen LogP contribution in [0.2, 0.25) is 0 Å². The molecule has 0 aliphatic carbocycles. The molecule has 0 radical (unpaired) electrons. The maximum absolute atomic E-state index is 12.8. The number of amides is 1. The van der Waals surface area contributed by atoms with Crippen molar-refractivity contribution < 1.29 is 4.79 Å². The fourth-order valence-corrected chi connectivity index (χ4v) is 3.45. The van der Waals surface area contributed by atoms with Crippen molar-refractivity contribution in [1.82, 2.24) is 30.0 Å². The lowest BCUT2D eigenvalue weighted by molar-refractivity contribution is 0.102. The SMILES string of the molecule is C.CN1CCC(CNc2nccnc2C(=O)Nc2ccc(-c3n[nH]c(=O)[nH]3)cc2)CC1. The van der Waals surface area contributed by atoms with Crippen molar-refractivity contribution in [2.24, 2.45) is 5.92 Å². The van der Waals surface area contributed by atoms with Gasteiger partial charge in [0, 0.05) is 30.2 Å². The number of aromatic nitrogens is 5. The topological polar surface area (TPSA) is 132 Å². The first-order valence-electron chi connectivity index (χ1n) is 9.88. The number of nitrogens with zero attached hydrogens (tertiary/aromatic N) is 4. The van der Waals surface area contributed by atoms with Gasteiger partial charge in [-0.3, -0.25) is 9.78 Å². The Morgan fingerprint density at radius 2 is 1.87 bits per heavy atom. The van der Waals surface area contributed by atoms with E-state index >= 15 is 0 Å². The first kappa shape index (κ1) is 22.2. The number of hydrogen-bond donors (Lipinski definition) is 4. The van der Waals surface area contributed by atoms with Crippen molar-refractivity contribution in [2.45, 2.75) is 20.3 Å². The average molecular weight is 425 g/mol. The Bertz CT molecular complexity index is 1050. The number of H-pyrrole nitrogens is 2. The van der Waals surface area contributed by atoms with Gasteiger partial charge in [-0.25, -0.2) is 19.9 Å². The molecule has 31 heavy (non-hydrogen) atoms. The molecule has 1 saturated heterocycles. The van der Waals surface area contributed by atoms with Crippen LogP contribution in [0, 0.1) is 5.92 Å². The fraction of sp³-hybridized carbons (Fsp3) is 0.381.